The number of aliphatic carboxylic acids is 1. The quantitative estimate of drug-likeness (QED) is 0.0126. The minimum Gasteiger partial charge on any atom is -0.481 e. The molecule has 7 N–H and O–H groups in total. The smallest absolute Gasteiger partial charge is 0.472 e. The van der Waals surface area contributed by atoms with Crippen molar-refractivity contribution < 1.29 is 52.6 Å². The molecule has 0 fully saturated rings. The van der Waals surface area contributed by atoms with Crippen LogP contribution < -0.4 is 11.5 Å². The number of allylic oxidation sites excluding steroid dienone is 17. The molecule has 0 saturated heterocycles. The number of carbonyl (C=O) groups is 3. The van der Waals surface area contributed by atoms with Gasteiger partial charge in [-0.1, -0.05) is 149 Å². The van der Waals surface area contributed by atoms with Crippen LogP contribution in [-0.2, 0) is 37.5 Å². The number of rotatable bonds is 42. The summed E-state index contributed by atoms with van der Waals surface area (Å²) < 4.78 is 32.9. The molecule has 0 aromatic heterocycles. The predicted octanol–water partition coefficient (Wildman–Crippen LogP) is 10.5. The number of carboxylic acid groups (broad SMARTS) is 1. The van der Waals surface area contributed by atoms with Gasteiger partial charge in [-0.2, -0.15) is 0 Å². The van der Waals surface area contributed by atoms with E-state index in [0.717, 1.165) is 38.5 Å². The summed E-state index contributed by atoms with van der Waals surface area (Å²) in [5, 5.41) is 19.4. The lowest BCUT2D eigenvalue weighted by atomic mass is 10.1. The van der Waals surface area contributed by atoms with E-state index < -0.39 is 62.4 Å². The van der Waals surface area contributed by atoms with Gasteiger partial charge >= 0.3 is 25.7 Å². The van der Waals surface area contributed by atoms with Crippen molar-refractivity contribution in [2.45, 2.75) is 153 Å². The summed E-state index contributed by atoms with van der Waals surface area (Å²) in [5.41, 5.74) is 11.5. The average molecular weight is 949 g/mol. The van der Waals surface area contributed by atoms with Crippen LogP contribution in [0.15, 0.2) is 109 Å². The van der Waals surface area contributed by atoms with Crippen LogP contribution in [0.2, 0.25) is 0 Å². The summed E-state index contributed by atoms with van der Waals surface area (Å²) in [6.07, 6.45) is 49.0. The van der Waals surface area contributed by atoms with Crippen LogP contribution in [0.4, 0.5) is 0 Å². The largest absolute Gasteiger partial charge is 0.481 e. The summed E-state index contributed by atoms with van der Waals surface area (Å²) >= 11 is 1.18. The molecule has 0 amide bonds. The van der Waals surface area contributed by atoms with Crippen molar-refractivity contribution in [2.75, 3.05) is 32.1 Å². The van der Waals surface area contributed by atoms with E-state index in [4.69, 9.17) is 35.1 Å². The molecule has 0 spiro atoms. The lowest BCUT2D eigenvalue weighted by Crippen LogP contribution is -2.40. The Bertz CT molecular complexity index is 1560. The summed E-state index contributed by atoms with van der Waals surface area (Å²) in [5.74, 6) is -2.45. The third-order valence-electron chi connectivity index (χ3n) is 9.14. The van der Waals surface area contributed by atoms with Crippen molar-refractivity contribution in [3.63, 3.8) is 0 Å². The van der Waals surface area contributed by atoms with Gasteiger partial charge in [-0.25, -0.2) is 4.57 Å². The highest BCUT2D eigenvalue weighted by molar-refractivity contribution is 8.00. The average Bonchev–Trinajstić information content (AvgIpc) is 3.28. The molecule has 5 atom stereocenters. The highest BCUT2D eigenvalue weighted by atomic mass is 32.2. The summed E-state index contributed by atoms with van der Waals surface area (Å²) in [7, 11) is -4.56. The number of phosphoric ester groups is 1. The van der Waals surface area contributed by atoms with Crippen molar-refractivity contribution >= 4 is 37.5 Å². The number of aliphatic hydroxyl groups excluding tert-OH is 1. The number of ether oxygens (including phenoxy) is 2. The monoisotopic (exact) mass is 949 g/mol. The van der Waals surface area contributed by atoms with Gasteiger partial charge in [0.05, 0.1) is 19.3 Å². The first-order valence-corrected chi connectivity index (χ1v) is 25.8. The van der Waals surface area contributed by atoms with Crippen molar-refractivity contribution in [3.05, 3.63) is 109 Å². The topological polar surface area (TPSA) is 218 Å². The molecule has 0 aromatic rings. The molecule has 368 valence electrons. The number of carbonyl (C=O) groups excluding carboxylic acids is 2. The van der Waals surface area contributed by atoms with E-state index in [1.807, 2.05) is 36.5 Å². The van der Waals surface area contributed by atoms with Crippen LogP contribution in [0.1, 0.15) is 129 Å². The Morgan fingerprint density at radius 2 is 1.22 bits per heavy atom. The second-order valence-corrected chi connectivity index (χ2v) is 17.8. The minimum atomic E-state index is -4.56. The number of aliphatic hydroxyl groups is 1. The molecule has 0 radical (unpaired) electrons. The van der Waals surface area contributed by atoms with Gasteiger partial charge < -0.3 is 36.0 Å². The molecule has 1 unspecified atom stereocenters. The maximum atomic E-state index is 13.1. The molecule has 0 aliphatic rings. The SMILES string of the molecule is CCCCC/C=C\C\C=C/C=C/C=C/[C@@H](SC[C@H](N)C(=O)O[C@H](COC(=O)CC/C=C\C/C=C\C/C=C\C/C=C\C/C=C\CCCCC)COP(=O)(O)OCCN)[C@@H](O)CCCC(=O)O. The fourth-order valence-electron chi connectivity index (χ4n) is 5.51. The molecule has 0 bridgehead atoms. The zero-order chi connectivity index (χ0) is 48.1. The van der Waals surface area contributed by atoms with Crippen LogP contribution in [0.25, 0.3) is 0 Å². The van der Waals surface area contributed by atoms with E-state index in [0.29, 0.717) is 12.8 Å². The van der Waals surface area contributed by atoms with Gasteiger partial charge in [-0.05, 0) is 77.0 Å². The molecule has 0 aromatic carbocycles. The first-order valence-electron chi connectivity index (χ1n) is 23.3. The van der Waals surface area contributed by atoms with E-state index in [-0.39, 0.29) is 44.6 Å². The Labute approximate surface area is 394 Å². The molecule has 0 heterocycles. The predicted molar refractivity (Wildman–Crippen MR) is 266 cm³/mol. The van der Waals surface area contributed by atoms with Crippen molar-refractivity contribution in [3.8, 4) is 0 Å². The van der Waals surface area contributed by atoms with Crippen molar-refractivity contribution in [1.82, 2.24) is 0 Å². The Morgan fingerprint density at radius 1 is 0.677 bits per heavy atom. The molecule has 13 nitrogen and oxygen atoms in total. The summed E-state index contributed by atoms with van der Waals surface area (Å²) in [6, 6.07) is -1.21. The van der Waals surface area contributed by atoms with Gasteiger partial charge in [0, 0.05) is 30.4 Å². The van der Waals surface area contributed by atoms with E-state index in [1.165, 1.54) is 50.3 Å². The molecule has 15 heteroatoms. The lowest BCUT2D eigenvalue weighted by Gasteiger charge is -2.23. The number of esters is 2. The summed E-state index contributed by atoms with van der Waals surface area (Å²) in [6.45, 7) is 2.98. The van der Waals surface area contributed by atoms with Crippen LogP contribution >= 0.6 is 19.6 Å². The van der Waals surface area contributed by atoms with Gasteiger partial charge in [0.25, 0.3) is 0 Å². The first-order chi connectivity index (χ1) is 31.4. The van der Waals surface area contributed by atoms with Crippen LogP contribution in [-0.4, -0.2) is 88.6 Å². The highest BCUT2D eigenvalue weighted by Crippen LogP contribution is 2.43. The maximum absolute atomic E-state index is 13.1. The number of hydrogen-bond donors (Lipinski definition) is 5. The maximum Gasteiger partial charge on any atom is 0.472 e. The fourth-order valence-corrected chi connectivity index (χ4v) is 7.40. The number of thioether (sulfide) groups is 1. The van der Waals surface area contributed by atoms with Gasteiger partial charge in [0.15, 0.2) is 6.10 Å². The standard InChI is InChI=1S/C50H81N2O11PS/c1-3-5-7-9-11-13-15-17-18-19-20-21-22-23-25-27-29-31-33-38-49(56)60-41-44(42-62-64(58,59)61-40-39-51)63-50(57)45(52)43-65-47(46(53)35-34-37-48(54)55)36-32-30-28-26-24-16-14-12-10-8-6-4-2/h11-14,17-18,20-21,23-26,28-32,36,44-47,53H,3-10,15-16,19,22,27,33-35,37-43,51-52H2,1-2H3,(H,54,55)(H,58,59)/b13-11-,14-12-,18-17-,21-20-,25-23-,26-24-,30-28+,31-29-,36-32+/t44-,45+,46+,47-/m1/s1. The van der Waals surface area contributed by atoms with Gasteiger partial charge in [0.2, 0.25) is 0 Å². The third kappa shape index (κ3) is 41.6. The van der Waals surface area contributed by atoms with Crippen LogP contribution in [0.5, 0.6) is 0 Å². The number of nitrogens with two attached hydrogens (primary N) is 2. The molecular weight excluding hydrogens is 868 g/mol. The van der Waals surface area contributed by atoms with Crippen molar-refractivity contribution in [1.29, 1.82) is 0 Å². The second-order valence-electron chi connectivity index (χ2n) is 15.1. The molecule has 0 aliphatic carbocycles. The summed E-state index contributed by atoms with van der Waals surface area (Å²) in [4.78, 5) is 46.7. The van der Waals surface area contributed by atoms with E-state index in [1.54, 1.807) is 18.2 Å². The Morgan fingerprint density at radius 3 is 1.77 bits per heavy atom. The number of carboxylic acids is 1. The number of phosphoric acid groups is 1. The molecular formula is C50H81N2O11PS. The van der Waals surface area contributed by atoms with E-state index >= 15 is 0 Å². The van der Waals surface area contributed by atoms with E-state index in [9.17, 15) is 28.9 Å². The number of hydrogen-bond acceptors (Lipinski definition) is 12. The second kappa shape index (κ2) is 44.3. The number of unbranched alkanes of at least 4 members (excludes halogenated alkanes) is 6. The van der Waals surface area contributed by atoms with Crippen LogP contribution in [0.3, 0.4) is 0 Å². The Hall–Kier alpha value is -3.59. The molecule has 0 aliphatic heterocycles. The Kier molecular flexibility index (Phi) is 41.8. The minimum absolute atomic E-state index is 0.00307. The van der Waals surface area contributed by atoms with Gasteiger partial charge in [-0.3, -0.25) is 23.4 Å². The highest BCUT2D eigenvalue weighted by Gasteiger charge is 2.28. The fraction of sp³-hybridized carbons (Fsp3) is 0.580. The lowest BCUT2D eigenvalue weighted by molar-refractivity contribution is -0.161. The third-order valence-corrected chi connectivity index (χ3v) is 11.5. The molecule has 65 heavy (non-hydrogen) atoms. The zero-order valence-corrected chi connectivity index (χ0v) is 40.8. The van der Waals surface area contributed by atoms with E-state index in [2.05, 4.69) is 68.5 Å². The van der Waals surface area contributed by atoms with Gasteiger partial charge in [0.1, 0.15) is 12.6 Å². The normalized spacial score (nSPS) is 15.5. The zero-order valence-electron chi connectivity index (χ0n) is 39.1. The Balaban J connectivity index is 5.14. The van der Waals surface area contributed by atoms with Gasteiger partial charge in [-0.15, -0.1) is 11.8 Å². The molecule has 0 rings (SSSR count). The van der Waals surface area contributed by atoms with Crippen molar-refractivity contribution in [2.24, 2.45) is 11.5 Å². The first kappa shape index (κ1) is 61.4. The molecule has 0 saturated carbocycles. The van der Waals surface area contributed by atoms with Crippen LogP contribution in [0, 0.1) is 0 Å².